The third-order valence-electron chi connectivity index (χ3n) is 6.85. The zero-order chi connectivity index (χ0) is 26.5. The summed E-state index contributed by atoms with van der Waals surface area (Å²) in [5.41, 5.74) is 5.32. The Kier molecular flexibility index (Phi) is 8.89. The molecule has 1 aliphatic heterocycles. The Morgan fingerprint density at radius 3 is 2.78 bits per heavy atom. The molecule has 2 aromatic heterocycles. The van der Waals surface area contributed by atoms with Crippen molar-refractivity contribution in [2.75, 3.05) is 39.8 Å². The van der Waals surface area contributed by atoms with E-state index in [9.17, 15) is 9.50 Å². The first-order valence-corrected chi connectivity index (χ1v) is 13.0. The van der Waals surface area contributed by atoms with Crippen molar-refractivity contribution < 1.29 is 18.8 Å². The first-order chi connectivity index (χ1) is 17.7. The van der Waals surface area contributed by atoms with Crippen LogP contribution in [0.15, 0.2) is 28.8 Å². The highest BCUT2D eigenvalue weighted by Gasteiger charge is 2.27. The molecule has 3 unspecified atom stereocenters. The Bertz CT molecular complexity index is 1180. The van der Waals surface area contributed by atoms with Crippen LogP contribution in [0.25, 0.3) is 22.6 Å². The number of likely N-dealkylation sites (tertiary alicyclic amines) is 1. The summed E-state index contributed by atoms with van der Waals surface area (Å²) in [6, 6.07) is 7.62. The number of aliphatic hydroxyl groups excluding tert-OH is 1. The summed E-state index contributed by atoms with van der Waals surface area (Å²) in [7, 11) is 1.79. The van der Waals surface area contributed by atoms with Crippen LogP contribution < -0.4 is 10.1 Å². The maximum atomic E-state index is 13.6. The second-order valence-corrected chi connectivity index (χ2v) is 10.1. The van der Waals surface area contributed by atoms with E-state index >= 15 is 0 Å². The van der Waals surface area contributed by atoms with Crippen LogP contribution >= 0.6 is 0 Å². The third kappa shape index (κ3) is 6.71. The highest BCUT2D eigenvalue weighted by molar-refractivity contribution is 5.71. The molecule has 3 atom stereocenters. The molecule has 0 spiro atoms. The summed E-state index contributed by atoms with van der Waals surface area (Å²) in [5.74, 6) is 2.37. The Labute approximate surface area is 218 Å². The average molecular weight is 512 g/mol. The van der Waals surface area contributed by atoms with Crippen LogP contribution in [0, 0.1) is 26.7 Å². The molecule has 4 rings (SSSR count). The molecule has 0 saturated carbocycles. The van der Waals surface area contributed by atoms with E-state index in [1.807, 2.05) is 38.1 Å². The number of aliphatic hydroxyl groups is 1. The minimum atomic E-state index is -0.828. The third-order valence-corrected chi connectivity index (χ3v) is 6.85. The first kappa shape index (κ1) is 27.2. The predicted molar refractivity (Wildman–Crippen MR) is 141 cm³/mol. The van der Waals surface area contributed by atoms with Crippen LogP contribution in [0.4, 0.5) is 4.39 Å². The molecule has 0 aliphatic carbocycles. The molecule has 0 radical (unpaired) electrons. The lowest BCUT2D eigenvalue weighted by atomic mass is 9.96. The fourth-order valence-electron chi connectivity index (χ4n) is 5.04. The minimum Gasteiger partial charge on any atom is -0.491 e. The van der Waals surface area contributed by atoms with E-state index in [1.54, 1.807) is 14.0 Å². The van der Waals surface area contributed by atoms with Gasteiger partial charge in [-0.3, -0.25) is 0 Å². The number of rotatable bonds is 11. The first-order valence-electron chi connectivity index (χ1n) is 13.0. The molecule has 8 nitrogen and oxygen atoms in total. The molecule has 1 fully saturated rings. The molecule has 37 heavy (non-hydrogen) atoms. The van der Waals surface area contributed by atoms with Crippen LogP contribution in [-0.4, -0.2) is 77.2 Å². The number of benzene rings is 1. The van der Waals surface area contributed by atoms with E-state index in [0.29, 0.717) is 30.6 Å². The van der Waals surface area contributed by atoms with Gasteiger partial charge >= 0.3 is 0 Å². The van der Waals surface area contributed by atoms with Gasteiger partial charge < -0.3 is 24.6 Å². The van der Waals surface area contributed by atoms with Gasteiger partial charge in [0.15, 0.2) is 5.82 Å². The highest BCUT2D eigenvalue weighted by Crippen LogP contribution is 2.33. The molecular weight excluding hydrogens is 473 g/mol. The van der Waals surface area contributed by atoms with Crippen molar-refractivity contribution in [1.29, 1.82) is 0 Å². The minimum absolute atomic E-state index is 0.185. The zero-order valence-corrected chi connectivity index (χ0v) is 22.4. The van der Waals surface area contributed by atoms with Gasteiger partial charge in [-0.05, 0) is 77.7 Å². The second-order valence-electron chi connectivity index (χ2n) is 10.1. The average Bonchev–Trinajstić information content (AvgIpc) is 3.44. The standard InChI is InChI=1S/C28H38FN5O3/c1-17(29)14-34-10-9-21(15-34)11-25-18(2)27(26-19(3)33-37-20(26)4)32-28(31-25)22-7-6-8-24(12-22)36-16-23(35)13-30-5/h6-8,12,17,21,23,30,35H,9-11,13-16H2,1-5H3. The number of halogens is 1. The number of aryl methyl sites for hydroxylation is 2. The second kappa shape index (κ2) is 12.1. The van der Waals surface area contributed by atoms with Crippen LogP contribution in [0.5, 0.6) is 5.75 Å². The van der Waals surface area contributed by atoms with Crippen molar-refractivity contribution in [2.45, 2.75) is 52.8 Å². The van der Waals surface area contributed by atoms with Gasteiger partial charge in [-0.2, -0.15) is 0 Å². The molecule has 3 aromatic rings. The van der Waals surface area contributed by atoms with Crippen molar-refractivity contribution >= 4 is 0 Å². The lowest BCUT2D eigenvalue weighted by Crippen LogP contribution is -2.29. The molecule has 9 heteroatoms. The van der Waals surface area contributed by atoms with E-state index in [2.05, 4.69) is 22.3 Å². The van der Waals surface area contributed by atoms with Crippen molar-refractivity contribution in [3.63, 3.8) is 0 Å². The Morgan fingerprint density at radius 1 is 1.27 bits per heavy atom. The molecule has 1 aliphatic rings. The largest absolute Gasteiger partial charge is 0.491 e. The number of alkyl halides is 1. The Hall–Kier alpha value is -2.88. The zero-order valence-electron chi connectivity index (χ0n) is 22.4. The highest BCUT2D eigenvalue weighted by atomic mass is 19.1. The van der Waals surface area contributed by atoms with Crippen LogP contribution in [0.3, 0.4) is 0 Å². The lowest BCUT2D eigenvalue weighted by Gasteiger charge is -2.18. The summed E-state index contributed by atoms with van der Waals surface area (Å²) in [6.07, 6.45) is 0.380. The fraction of sp³-hybridized carbons (Fsp3) is 0.536. The number of aromatic nitrogens is 3. The summed E-state index contributed by atoms with van der Waals surface area (Å²) >= 11 is 0. The number of nitrogens with one attached hydrogen (secondary N) is 1. The van der Waals surface area contributed by atoms with E-state index in [-0.39, 0.29) is 6.61 Å². The quantitative estimate of drug-likeness (QED) is 0.400. The van der Waals surface area contributed by atoms with Gasteiger partial charge in [0.1, 0.15) is 30.4 Å². The van der Waals surface area contributed by atoms with E-state index < -0.39 is 12.3 Å². The predicted octanol–water partition coefficient (Wildman–Crippen LogP) is 3.91. The SMILES string of the molecule is CNCC(O)COc1cccc(-c2nc(CC3CCN(CC(C)F)C3)c(C)c(-c3c(C)noc3C)n2)c1. The maximum Gasteiger partial charge on any atom is 0.160 e. The molecule has 200 valence electrons. The van der Waals surface area contributed by atoms with Gasteiger partial charge in [-0.1, -0.05) is 17.3 Å². The van der Waals surface area contributed by atoms with Gasteiger partial charge in [0, 0.05) is 30.9 Å². The van der Waals surface area contributed by atoms with Crippen molar-refractivity contribution in [1.82, 2.24) is 25.3 Å². The number of likely N-dealkylation sites (N-methyl/N-ethyl adjacent to an activating group) is 1. The molecular formula is C28H38FN5O3. The molecule has 1 saturated heterocycles. The van der Waals surface area contributed by atoms with Crippen molar-refractivity contribution in [2.24, 2.45) is 5.92 Å². The Morgan fingerprint density at radius 2 is 2.08 bits per heavy atom. The van der Waals surface area contributed by atoms with Gasteiger partial charge in [-0.15, -0.1) is 0 Å². The fourth-order valence-corrected chi connectivity index (χ4v) is 5.04. The van der Waals surface area contributed by atoms with Crippen molar-refractivity contribution in [3.8, 4) is 28.4 Å². The summed E-state index contributed by atoms with van der Waals surface area (Å²) < 4.78 is 24.9. The normalized spacial score (nSPS) is 17.8. The van der Waals surface area contributed by atoms with E-state index in [0.717, 1.165) is 65.5 Å². The van der Waals surface area contributed by atoms with Crippen molar-refractivity contribution in [3.05, 3.63) is 47.0 Å². The lowest BCUT2D eigenvalue weighted by molar-refractivity contribution is 0.108. The molecule has 3 heterocycles. The maximum absolute atomic E-state index is 13.6. The van der Waals surface area contributed by atoms with Crippen LogP contribution in [-0.2, 0) is 6.42 Å². The number of hydrogen-bond donors (Lipinski definition) is 2. The van der Waals surface area contributed by atoms with Crippen LogP contribution in [0.2, 0.25) is 0 Å². The number of hydrogen-bond acceptors (Lipinski definition) is 8. The smallest absolute Gasteiger partial charge is 0.160 e. The van der Waals surface area contributed by atoms with Crippen LogP contribution in [0.1, 0.15) is 36.1 Å². The molecule has 2 N–H and O–H groups in total. The topological polar surface area (TPSA) is 96.5 Å². The molecule has 1 aromatic carbocycles. The monoisotopic (exact) mass is 511 g/mol. The summed E-state index contributed by atoms with van der Waals surface area (Å²) in [4.78, 5) is 12.2. The van der Waals surface area contributed by atoms with E-state index in [1.165, 1.54) is 0 Å². The number of nitrogens with zero attached hydrogens (tertiary/aromatic N) is 4. The Balaban J connectivity index is 1.67. The van der Waals surface area contributed by atoms with Gasteiger partial charge in [0.05, 0.1) is 17.0 Å². The van der Waals surface area contributed by atoms with Gasteiger partial charge in [0.25, 0.3) is 0 Å². The summed E-state index contributed by atoms with van der Waals surface area (Å²) in [5, 5.41) is 17.1. The van der Waals surface area contributed by atoms with E-state index in [4.69, 9.17) is 19.2 Å². The van der Waals surface area contributed by atoms with Gasteiger partial charge in [0.2, 0.25) is 0 Å². The molecule has 0 amide bonds. The van der Waals surface area contributed by atoms with Gasteiger partial charge in [-0.25, -0.2) is 14.4 Å². The number of ether oxygens (including phenoxy) is 1. The summed E-state index contributed by atoms with van der Waals surface area (Å²) in [6.45, 7) is 10.4. The molecule has 0 bridgehead atoms.